The molecule has 0 radical (unpaired) electrons. The summed E-state index contributed by atoms with van der Waals surface area (Å²) >= 11 is 13.6. The van der Waals surface area contributed by atoms with Crippen molar-refractivity contribution in [2.24, 2.45) is 0 Å². The van der Waals surface area contributed by atoms with Crippen LogP contribution in [-0.2, 0) is 0 Å². The fourth-order valence-electron chi connectivity index (χ4n) is 1.26. The Morgan fingerprint density at radius 3 is 2.75 bits per heavy atom. The van der Waals surface area contributed by atoms with Crippen LogP contribution in [0, 0.1) is 6.92 Å². The van der Waals surface area contributed by atoms with E-state index in [1.165, 1.54) is 0 Å². The highest BCUT2D eigenvalue weighted by Crippen LogP contribution is 2.27. The van der Waals surface area contributed by atoms with Crippen LogP contribution in [0.25, 0.3) is 12.2 Å². The largest absolute Gasteiger partial charge is 0.242 e. The second-order valence-electron chi connectivity index (χ2n) is 3.30. The molecular weight excluding hydrogens is 261 g/mol. The van der Waals surface area contributed by atoms with Crippen LogP contribution in [0.3, 0.4) is 0 Å². The smallest absolute Gasteiger partial charge is 0.116 e. The molecule has 2 rings (SSSR count). The van der Waals surface area contributed by atoms with Crippen molar-refractivity contribution in [2.45, 2.75) is 6.92 Å². The molecule has 0 aliphatic rings. The third-order valence-electron chi connectivity index (χ3n) is 2.02. The van der Waals surface area contributed by atoms with E-state index in [-0.39, 0.29) is 0 Å². The fourth-order valence-corrected chi connectivity index (χ4v) is 2.32. The van der Waals surface area contributed by atoms with Gasteiger partial charge in [0.15, 0.2) is 0 Å². The van der Waals surface area contributed by atoms with Crippen molar-refractivity contribution in [1.29, 1.82) is 0 Å². The topological polar surface area (TPSA) is 12.9 Å². The molecule has 0 aliphatic carbocycles. The first-order valence-electron chi connectivity index (χ1n) is 4.71. The maximum absolute atomic E-state index is 6.06. The molecule has 0 N–H and O–H groups in total. The van der Waals surface area contributed by atoms with Crippen molar-refractivity contribution in [3.05, 3.63) is 49.9 Å². The molecule has 0 atom stereocenters. The van der Waals surface area contributed by atoms with Gasteiger partial charge in [0.2, 0.25) is 0 Å². The second-order valence-corrected chi connectivity index (χ2v) is 4.98. The van der Waals surface area contributed by atoms with Crippen molar-refractivity contribution in [1.82, 2.24) is 4.98 Å². The molecule has 16 heavy (non-hydrogen) atoms. The van der Waals surface area contributed by atoms with Gasteiger partial charge in [-0.1, -0.05) is 41.4 Å². The van der Waals surface area contributed by atoms with Crippen LogP contribution in [0.5, 0.6) is 0 Å². The summed E-state index contributed by atoms with van der Waals surface area (Å²) in [4.78, 5) is 4.33. The minimum absolute atomic E-state index is 0.569. The van der Waals surface area contributed by atoms with E-state index < -0.39 is 0 Å². The SMILES string of the molecule is Cc1csc(/C=C/c2cccc(Cl)c2Cl)n1. The lowest BCUT2D eigenvalue weighted by molar-refractivity contribution is 1.25. The maximum atomic E-state index is 6.06. The molecule has 0 spiro atoms. The van der Waals surface area contributed by atoms with E-state index in [9.17, 15) is 0 Å². The van der Waals surface area contributed by atoms with Crippen LogP contribution in [0.1, 0.15) is 16.3 Å². The summed E-state index contributed by atoms with van der Waals surface area (Å²) in [5.74, 6) is 0. The number of aromatic nitrogens is 1. The van der Waals surface area contributed by atoms with Crippen LogP contribution in [0.4, 0.5) is 0 Å². The predicted octanol–water partition coefficient (Wildman–Crippen LogP) is 4.93. The van der Waals surface area contributed by atoms with Crippen LogP contribution >= 0.6 is 34.5 Å². The van der Waals surface area contributed by atoms with Gasteiger partial charge in [-0.05, 0) is 24.6 Å². The summed E-state index contributed by atoms with van der Waals surface area (Å²) in [5, 5.41) is 4.13. The second kappa shape index (κ2) is 5.00. The Morgan fingerprint density at radius 1 is 1.25 bits per heavy atom. The Balaban J connectivity index is 2.27. The molecule has 1 heterocycles. The van der Waals surface area contributed by atoms with E-state index in [0.29, 0.717) is 10.0 Å². The highest BCUT2D eigenvalue weighted by Gasteiger charge is 2.01. The molecule has 0 saturated heterocycles. The number of halogens is 2. The molecule has 0 bridgehead atoms. The van der Waals surface area contributed by atoms with Crippen LogP contribution in [0.15, 0.2) is 23.6 Å². The number of rotatable bonds is 2. The molecule has 0 unspecified atom stereocenters. The van der Waals surface area contributed by atoms with Gasteiger partial charge in [-0.2, -0.15) is 0 Å². The number of benzene rings is 1. The number of thiazole rings is 1. The van der Waals surface area contributed by atoms with Gasteiger partial charge in [-0.15, -0.1) is 11.3 Å². The van der Waals surface area contributed by atoms with Gasteiger partial charge < -0.3 is 0 Å². The zero-order chi connectivity index (χ0) is 11.5. The summed E-state index contributed by atoms with van der Waals surface area (Å²) in [6.45, 7) is 1.97. The lowest BCUT2D eigenvalue weighted by Gasteiger charge is -1.99. The zero-order valence-electron chi connectivity index (χ0n) is 8.58. The first-order chi connectivity index (χ1) is 7.66. The number of aryl methyl sites for hydroxylation is 1. The monoisotopic (exact) mass is 269 g/mol. The van der Waals surface area contributed by atoms with E-state index in [2.05, 4.69) is 4.98 Å². The average molecular weight is 270 g/mol. The summed E-state index contributed by atoms with van der Waals surface area (Å²) in [6, 6.07) is 5.57. The Labute approximate surface area is 108 Å². The van der Waals surface area contributed by atoms with Gasteiger partial charge >= 0.3 is 0 Å². The minimum Gasteiger partial charge on any atom is -0.242 e. The van der Waals surface area contributed by atoms with Gasteiger partial charge in [0.25, 0.3) is 0 Å². The third-order valence-corrected chi connectivity index (χ3v) is 3.79. The molecule has 0 fully saturated rings. The predicted molar refractivity (Wildman–Crippen MR) is 72.2 cm³/mol. The molecule has 2 aromatic rings. The maximum Gasteiger partial charge on any atom is 0.116 e. The molecule has 1 nitrogen and oxygen atoms in total. The quantitative estimate of drug-likeness (QED) is 0.754. The summed E-state index contributed by atoms with van der Waals surface area (Å²) in [5.41, 5.74) is 1.93. The summed E-state index contributed by atoms with van der Waals surface area (Å²) < 4.78 is 0. The first-order valence-corrected chi connectivity index (χ1v) is 6.34. The Bertz CT molecular complexity index is 532. The van der Waals surface area contributed by atoms with Crippen molar-refractivity contribution < 1.29 is 0 Å². The van der Waals surface area contributed by atoms with E-state index in [1.807, 2.05) is 36.6 Å². The summed E-state index contributed by atoms with van der Waals surface area (Å²) in [7, 11) is 0. The minimum atomic E-state index is 0.569. The van der Waals surface area contributed by atoms with Crippen LogP contribution in [-0.4, -0.2) is 4.98 Å². The van der Waals surface area contributed by atoms with Crippen LogP contribution in [0.2, 0.25) is 10.0 Å². The molecule has 0 saturated carbocycles. The number of hydrogen-bond acceptors (Lipinski definition) is 2. The van der Waals surface area contributed by atoms with Crippen molar-refractivity contribution in [3.8, 4) is 0 Å². The lowest BCUT2D eigenvalue weighted by atomic mass is 10.2. The van der Waals surface area contributed by atoms with Crippen LogP contribution < -0.4 is 0 Å². The molecule has 4 heteroatoms. The molecule has 0 amide bonds. The molecule has 1 aromatic heterocycles. The zero-order valence-corrected chi connectivity index (χ0v) is 10.9. The Hall–Kier alpha value is -0.830. The average Bonchev–Trinajstić information content (AvgIpc) is 2.67. The molecule has 0 aliphatic heterocycles. The highest BCUT2D eigenvalue weighted by molar-refractivity contribution is 7.10. The van der Waals surface area contributed by atoms with E-state index in [0.717, 1.165) is 16.3 Å². The Kier molecular flexibility index (Phi) is 3.64. The van der Waals surface area contributed by atoms with Gasteiger partial charge in [0.05, 0.1) is 10.0 Å². The molecule has 82 valence electrons. The standard InChI is InChI=1S/C12H9Cl2NS/c1-8-7-16-11(15-8)6-5-9-3-2-4-10(13)12(9)14/h2-7H,1H3/b6-5+. The molecule has 1 aromatic carbocycles. The first kappa shape index (κ1) is 11.6. The van der Waals surface area contributed by atoms with Gasteiger partial charge in [0.1, 0.15) is 5.01 Å². The Morgan fingerprint density at radius 2 is 2.06 bits per heavy atom. The summed E-state index contributed by atoms with van der Waals surface area (Å²) in [6.07, 6.45) is 3.86. The highest BCUT2D eigenvalue weighted by atomic mass is 35.5. The van der Waals surface area contributed by atoms with E-state index in [4.69, 9.17) is 23.2 Å². The van der Waals surface area contributed by atoms with Crippen molar-refractivity contribution in [2.75, 3.05) is 0 Å². The normalized spacial score (nSPS) is 11.2. The van der Waals surface area contributed by atoms with Crippen molar-refractivity contribution in [3.63, 3.8) is 0 Å². The molecular formula is C12H9Cl2NS. The number of hydrogen-bond donors (Lipinski definition) is 0. The number of nitrogens with zero attached hydrogens (tertiary/aromatic N) is 1. The third kappa shape index (κ3) is 2.64. The van der Waals surface area contributed by atoms with Gasteiger partial charge in [0, 0.05) is 11.1 Å². The fraction of sp³-hybridized carbons (Fsp3) is 0.0833. The van der Waals surface area contributed by atoms with Crippen molar-refractivity contribution >= 4 is 46.7 Å². The van der Waals surface area contributed by atoms with E-state index >= 15 is 0 Å². The van der Waals surface area contributed by atoms with Gasteiger partial charge in [-0.25, -0.2) is 4.98 Å². The van der Waals surface area contributed by atoms with E-state index in [1.54, 1.807) is 17.4 Å². The van der Waals surface area contributed by atoms with Gasteiger partial charge in [-0.3, -0.25) is 0 Å². The lowest BCUT2D eigenvalue weighted by Crippen LogP contribution is -1.76.